The highest BCUT2D eigenvalue weighted by Gasteiger charge is 2.27. The largest absolute Gasteiger partial charge is 0.455 e. The van der Waals surface area contributed by atoms with E-state index in [0.717, 1.165) is 167 Å². The summed E-state index contributed by atoms with van der Waals surface area (Å²) in [5, 5.41) is 8.10. The number of rotatable bonds is 12. The van der Waals surface area contributed by atoms with E-state index in [9.17, 15) is 0 Å². The fourth-order valence-corrected chi connectivity index (χ4v) is 19.3. The maximum atomic E-state index is 7.06. The molecule has 14 aromatic carbocycles. The van der Waals surface area contributed by atoms with Crippen LogP contribution in [0.15, 0.2) is 336 Å². The minimum atomic E-state index is 0.516. The zero-order valence-corrected chi connectivity index (χ0v) is 62.1. The Morgan fingerprint density at radius 3 is 1.06 bits per heavy atom. The third-order valence-electron chi connectivity index (χ3n) is 21.3. The molecule has 12 nitrogen and oxygen atoms in total. The lowest BCUT2D eigenvalue weighted by molar-refractivity contribution is 0.669. The fraction of sp³-hybridized carbons (Fsp3) is 0. The van der Waals surface area contributed by atoms with Crippen molar-refractivity contribution < 1.29 is 8.83 Å². The zero-order valence-electron chi connectivity index (χ0n) is 59.7. The van der Waals surface area contributed by atoms with Crippen LogP contribution in [0.5, 0.6) is 0 Å². The van der Waals surface area contributed by atoms with Crippen LogP contribution in [0.2, 0.25) is 0 Å². The van der Waals surface area contributed by atoms with E-state index in [4.69, 9.17) is 58.7 Å². The van der Waals surface area contributed by atoms with Crippen LogP contribution in [0.3, 0.4) is 0 Å². The molecular formula is C98H54N10O2S3. The maximum absolute atomic E-state index is 7.06. The van der Waals surface area contributed by atoms with Crippen LogP contribution in [0.4, 0.5) is 0 Å². The smallest absolute Gasteiger partial charge is 0.164 e. The van der Waals surface area contributed by atoms with Gasteiger partial charge in [0.05, 0.1) is 31.8 Å². The second-order valence-electron chi connectivity index (χ2n) is 28.0. The molecular weight excluding hydrogens is 1450 g/mol. The predicted octanol–water partition coefficient (Wildman–Crippen LogP) is 26.5. The average Bonchev–Trinajstić information content (AvgIpc) is 1.59. The Bertz CT molecular complexity index is 7770. The van der Waals surface area contributed by atoms with Gasteiger partial charge in [-0.05, 0) is 89.0 Å². The van der Waals surface area contributed by atoms with Gasteiger partial charge in [0.25, 0.3) is 0 Å². The molecule has 15 heteroatoms. The molecule has 0 aliphatic rings. The van der Waals surface area contributed by atoms with E-state index in [0.29, 0.717) is 68.9 Å². The van der Waals surface area contributed by atoms with Crippen molar-refractivity contribution in [3.63, 3.8) is 0 Å². The van der Waals surface area contributed by atoms with E-state index >= 15 is 0 Å². The van der Waals surface area contributed by atoms with E-state index < -0.39 is 0 Å². The van der Waals surface area contributed by atoms with Crippen molar-refractivity contribution in [2.75, 3.05) is 0 Å². The first-order valence-corrected chi connectivity index (χ1v) is 39.6. The summed E-state index contributed by atoms with van der Waals surface area (Å²) in [6.07, 6.45) is 0. The number of para-hydroxylation sites is 2. The van der Waals surface area contributed by atoms with Crippen LogP contribution in [-0.4, -0.2) is 49.8 Å². The molecule has 9 aromatic heterocycles. The minimum Gasteiger partial charge on any atom is -0.455 e. The summed E-state index contributed by atoms with van der Waals surface area (Å²) in [6, 6.07) is 113. The van der Waals surface area contributed by atoms with Gasteiger partial charge in [-0.2, -0.15) is 0 Å². The van der Waals surface area contributed by atoms with Gasteiger partial charge in [-0.25, -0.2) is 49.8 Å². The monoisotopic (exact) mass is 1500 g/mol. The van der Waals surface area contributed by atoms with E-state index in [1.54, 1.807) is 34.0 Å². The Morgan fingerprint density at radius 2 is 0.549 bits per heavy atom. The second-order valence-corrected chi connectivity index (χ2v) is 31.2. The summed E-state index contributed by atoms with van der Waals surface area (Å²) in [5.74, 6) is 4.59. The second kappa shape index (κ2) is 26.1. The van der Waals surface area contributed by atoms with E-state index in [2.05, 4.69) is 218 Å². The highest BCUT2D eigenvalue weighted by molar-refractivity contribution is 7.27. The third-order valence-corrected chi connectivity index (χ3v) is 24.7. The van der Waals surface area contributed by atoms with Gasteiger partial charge in [0.15, 0.2) is 46.6 Å². The van der Waals surface area contributed by atoms with Gasteiger partial charge < -0.3 is 8.83 Å². The number of nitrogens with zero attached hydrogens (tertiary/aromatic N) is 10. The molecule has 0 amide bonds. The van der Waals surface area contributed by atoms with Gasteiger partial charge >= 0.3 is 0 Å². The molecule has 0 N–H and O–H groups in total. The highest BCUT2D eigenvalue weighted by atomic mass is 32.1. The first kappa shape index (κ1) is 64.5. The first-order valence-electron chi connectivity index (χ1n) is 37.2. The Labute approximate surface area is 656 Å². The average molecular weight is 1500 g/mol. The number of fused-ring (bicyclic) bond motifs is 15. The van der Waals surface area contributed by atoms with Crippen molar-refractivity contribution in [3.8, 4) is 136 Å². The molecule has 113 heavy (non-hydrogen) atoms. The number of benzene rings is 14. The minimum absolute atomic E-state index is 0.516. The molecule has 0 spiro atoms. The summed E-state index contributed by atoms with van der Waals surface area (Å²) in [5.41, 5.74) is 19.2. The van der Waals surface area contributed by atoms with Crippen molar-refractivity contribution in [1.82, 2.24) is 49.8 Å². The molecule has 0 saturated carbocycles. The van der Waals surface area contributed by atoms with Gasteiger partial charge in [-0.1, -0.05) is 261 Å². The molecule has 9 heterocycles. The number of hydrogen-bond acceptors (Lipinski definition) is 15. The number of thiophene rings is 3. The predicted molar refractivity (Wildman–Crippen MR) is 463 cm³/mol. The van der Waals surface area contributed by atoms with Crippen LogP contribution in [0.25, 0.3) is 241 Å². The van der Waals surface area contributed by atoms with Crippen molar-refractivity contribution in [1.29, 1.82) is 0 Å². The summed E-state index contributed by atoms with van der Waals surface area (Å²) >= 11 is 5.16. The van der Waals surface area contributed by atoms with Gasteiger partial charge in [-0.3, -0.25) is 0 Å². The summed E-state index contributed by atoms with van der Waals surface area (Å²) < 4.78 is 20.6. The SMILES string of the molecule is c1ccc(-c2cccc(-c3nc(-c4cccc(-c5ccc6sc7cc(-c8nc(-c9cccc%10c9oc9cccc(-c%11nc(-c%12ccccc%12)nc(-c%12ccccc%12)n%11)c9%10)c9sc%10ccccc%10c9n8)ccc7c6c5)c4)nc(-c4cccc5oc6c(-c7nc(-c8ccccc8)nc8c7sc7ccccc78)cccc6c45)n3)c2)cc1. The van der Waals surface area contributed by atoms with Crippen molar-refractivity contribution in [2.45, 2.75) is 0 Å². The topological polar surface area (TPSA) is 155 Å². The molecule has 526 valence electrons. The lowest BCUT2D eigenvalue weighted by atomic mass is 10.00. The summed E-state index contributed by atoms with van der Waals surface area (Å²) in [7, 11) is 0. The molecule has 0 saturated heterocycles. The zero-order chi connectivity index (χ0) is 74.2. The van der Waals surface area contributed by atoms with Gasteiger partial charge in [0.1, 0.15) is 22.3 Å². The van der Waals surface area contributed by atoms with Crippen LogP contribution >= 0.6 is 34.0 Å². The van der Waals surface area contributed by atoms with E-state index in [-0.39, 0.29) is 0 Å². The van der Waals surface area contributed by atoms with Gasteiger partial charge in [0.2, 0.25) is 0 Å². The fourth-order valence-electron chi connectivity index (χ4n) is 15.9. The van der Waals surface area contributed by atoms with Crippen LogP contribution < -0.4 is 0 Å². The Morgan fingerprint density at radius 1 is 0.195 bits per heavy atom. The van der Waals surface area contributed by atoms with E-state index in [1.165, 1.54) is 4.70 Å². The molecule has 0 fully saturated rings. The quantitative estimate of drug-likeness (QED) is 0.114. The third kappa shape index (κ3) is 10.9. The maximum Gasteiger partial charge on any atom is 0.164 e. The van der Waals surface area contributed by atoms with Crippen LogP contribution in [0, 0.1) is 0 Å². The Balaban J connectivity index is 0.625. The van der Waals surface area contributed by atoms with Gasteiger partial charge in [0, 0.05) is 118 Å². The summed E-state index contributed by atoms with van der Waals surface area (Å²) in [6.45, 7) is 0. The number of aromatic nitrogens is 10. The Kier molecular flexibility index (Phi) is 14.9. The Hall–Kier alpha value is -14.5. The lowest BCUT2D eigenvalue weighted by Gasteiger charge is -2.11. The molecule has 0 bridgehead atoms. The number of hydrogen-bond donors (Lipinski definition) is 0. The molecule has 0 radical (unpaired) electrons. The normalized spacial score (nSPS) is 11.9. The molecule has 0 atom stereocenters. The lowest BCUT2D eigenvalue weighted by Crippen LogP contribution is -2.00. The number of furan rings is 2. The van der Waals surface area contributed by atoms with Crippen molar-refractivity contribution >= 4 is 139 Å². The highest BCUT2D eigenvalue weighted by Crippen LogP contribution is 2.49. The molecule has 0 aliphatic carbocycles. The van der Waals surface area contributed by atoms with Crippen molar-refractivity contribution in [3.05, 3.63) is 328 Å². The van der Waals surface area contributed by atoms with Crippen molar-refractivity contribution in [2.24, 2.45) is 0 Å². The van der Waals surface area contributed by atoms with Gasteiger partial charge in [-0.15, -0.1) is 34.0 Å². The molecule has 0 unspecified atom stereocenters. The first-order chi connectivity index (χ1) is 55.9. The van der Waals surface area contributed by atoms with Crippen LogP contribution in [-0.2, 0) is 0 Å². The molecule has 23 rings (SSSR count). The standard InChI is InChI=1S/C98H54N10O2S3/c1-5-23-55(24-6-1)59-31-17-33-62(51-59)95-104-96(108-98(107-95)71-40-22-44-76-82(71)69-37-19-41-72(87(69)109-76)85-89-83(66-35-13-15-45-77(66)112-89)99-91(101-85)56-25-7-2-8-26-56)63-34-18-32-60(52-63)61-48-50-79-74(53-61)65-49-47-64(54-80(65)111-79)94-100-84-67-36-14-16-46-78(67)113-90(84)86(102-94)73-42-20-38-68-81-70(39-21-43-75(81)110-88(68)73)97-105-92(57-27-9-3-10-28-57)103-93(106-97)58-29-11-4-12-30-58/h1-54H. The van der Waals surface area contributed by atoms with Crippen LogP contribution in [0.1, 0.15) is 0 Å². The van der Waals surface area contributed by atoms with E-state index in [1.807, 2.05) is 109 Å². The molecule has 0 aliphatic heterocycles. The summed E-state index contributed by atoms with van der Waals surface area (Å²) in [4.78, 5) is 53.2. The molecule has 23 aromatic rings.